The number of rotatable bonds is 4. The second-order valence-corrected chi connectivity index (χ2v) is 4.21. The molecule has 17 heavy (non-hydrogen) atoms. The number of amides is 1. The van der Waals surface area contributed by atoms with Gasteiger partial charge >= 0.3 is 0 Å². The van der Waals surface area contributed by atoms with Crippen molar-refractivity contribution in [1.82, 2.24) is 9.88 Å². The van der Waals surface area contributed by atoms with Crippen molar-refractivity contribution in [2.45, 2.75) is 18.9 Å². The molecular formula is C12H14N2O3. The van der Waals surface area contributed by atoms with Crippen molar-refractivity contribution in [3.63, 3.8) is 0 Å². The molecule has 1 aliphatic carbocycles. The lowest BCUT2D eigenvalue weighted by atomic mass is 10.2. The van der Waals surface area contributed by atoms with Crippen LogP contribution in [0.3, 0.4) is 0 Å². The maximum Gasteiger partial charge on any atom is 0.275 e. The largest absolute Gasteiger partial charge is 0.487 e. The van der Waals surface area contributed by atoms with Gasteiger partial charge in [0, 0.05) is 20.3 Å². The fourth-order valence-corrected chi connectivity index (χ4v) is 1.40. The Balaban J connectivity index is 2.41. The summed E-state index contributed by atoms with van der Waals surface area (Å²) in [4.78, 5) is 28.3. The smallest absolute Gasteiger partial charge is 0.275 e. The van der Waals surface area contributed by atoms with Gasteiger partial charge < -0.3 is 9.64 Å². The van der Waals surface area contributed by atoms with E-state index in [-0.39, 0.29) is 17.7 Å². The Hall–Kier alpha value is -1.91. The van der Waals surface area contributed by atoms with Crippen LogP contribution in [0, 0.1) is 0 Å². The minimum absolute atomic E-state index is 0.117. The second-order valence-electron chi connectivity index (χ2n) is 4.21. The third kappa shape index (κ3) is 2.43. The van der Waals surface area contributed by atoms with Crippen LogP contribution in [0.2, 0.25) is 0 Å². The van der Waals surface area contributed by atoms with Crippen LogP contribution >= 0.6 is 0 Å². The number of hydrogen-bond donors (Lipinski definition) is 0. The van der Waals surface area contributed by atoms with E-state index in [2.05, 4.69) is 4.98 Å². The molecule has 1 aromatic heterocycles. The first-order valence-electron chi connectivity index (χ1n) is 5.46. The molecule has 1 amide bonds. The first-order chi connectivity index (χ1) is 8.13. The molecule has 0 saturated heterocycles. The second kappa shape index (κ2) is 4.53. The molecule has 5 nitrogen and oxygen atoms in total. The van der Waals surface area contributed by atoms with Gasteiger partial charge in [-0.3, -0.25) is 9.59 Å². The number of pyridine rings is 1. The molecule has 5 heteroatoms. The zero-order valence-corrected chi connectivity index (χ0v) is 9.84. The van der Waals surface area contributed by atoms with Gasteiger partial charge in [0.1, 0.15) is 0 Å². The summed E-state index contributed by atoms with van der Waals surface area (Å²) >= 11 is 0. The Kier molecular flexibility index (Phi) is 3.08. The normalized spacial score (nSPS) is 14.2. The van der Waals surface area contributed by atoms with Gasteiger partial charge in [-0.15, -0.1) is 0 Å². The van der Waals surface area contributed by atoms with Crippen LogP contribution in [0.4, 0.5) is 0 Å². The van der Waals surface area contributed by atoms with Crippen LogP contribution in [-0.4, -0.2) is 42.3 Å². The summed E-state index contributed by atoms with van der Waals surface area (Å²) in [5.41, 5.74) is 0.573. The molecule has 1 aromatic rings. The van der Waals surface area contributed by atoms with Crippen molar-refractivity contribution in [2.75, 3.05) is 14.1 Å². The fourth-order valence-electron chi connectivity index (χ4n) is 1.40. The number of aldehydes is 1. The van der Waals surface area contributed by atoms with E-state index in [0.717, 1.165) is 12.8 Å². The maximum atomic E-state index is 11.9. The molecule has 1 saturated carbocycles. The van der Waals surface area contributed by atoms with Crippen molar-refractivity contribution in [3.8, 4) is 5.75 Å². The Morgan fingerprint density at radius 1 is 1.53 bits per heavy atom. The minimum atomic E-state index is -0.260. The summed E-state index contributed by atoms with van der Waals surface area (Å²) in [6.07, 6.45) is 4.17. The highest BCUT2D eigenvalue weighted by Gasteiger charge is 2.28. The Bertz CT molecular complexity index is 453. The molecule has 1 fully saturated rings. The zero-order chi connectivity index (χ0) is 12.4. The van der Waals surface area contributed by atoms with Crippen LogP contribution in [-0.2, 0) is 0 Å². The first kappa shape index (κ1) is 11.6. The van der Waals surface area contributed by atoms with Gasteiger partial charge in [-0.05, 0) is 18.9 Å². The van der Waals surface area contributed by atoms with Crippen LogP contribution in [0.1, 0.15) is 33.7 Å². The lowest BCUT2D eigenvalue weighted by molar-refractivity contribution is 0.0816. The molecule has 0 radical (unpaired) electrons. The number of ether oxygens (including phenoxy) is 1. The minimum Gasteiger partial charge on any atom is -0.487 e. The number of aromatic nitrogens is 1. The molecule has 2 rings (SSSR count). The maximum absolute atomic E-state index is 11.9. The van der Waals surface area contributed by atoms with E-state index in [9.17, 15) is 9.59 Å². The summed E-state index contributed by atoms with van der Waals surface area (Å²) < 4.78 is 5.61. The molecule has 0 N–H and O–H groups in total. The molecule has 1 heterocycles. The number of nitrogens with zero attached hydrogens (tertiary/aromatic N) is 2. The van der Waals surface area contributed by atoms with Crippen molar-refractivity contribution >= 4 is 12.2 Å². The lowest BCUT2D eigenvalue weighted by Crippen LogP contribution is -2.24. The molecule has 0 bridgehead atoms. The molecule has 0 spiro atoms. The van der Waals surface area contributed by atoms with E-state index in [4.69, 9.17) is 4.74 Å². The van der Waals surface area contributed by atoms with Gasteiger partial charge in [-0.2, -0.15) is 0 Å². The third-order valence-electron chi connectivity index (χ3n) is 2.48. The van der Waals surface area contributed by atoms with E-state index in [1.807, 2.05) is 0 Å². The molecule has 90 valence electrons. The Morgan fingerprint density at radius 2 is 2.24 bits per heavy atom. The Morgan fingerprint density at radius 3 is 2.76 bits per heavy atom. The summed E-state index contributed by atoms with van der Waals surface area (Å²) in [6.45, 7) is 0. The summed E-state index contributed by atoms with van der Waals surface area (Å²) in [5, 5.41) is 0. The highest BCUT2D eigenvalue weighted by atomic mass is 16.5. The van der Waals surface area contributed by atoms with Gasteiger partial charge in [0.25, 0.3) is 5.91 Å². The summed E-state index contributed by atoms with van der Waals surface area (Å²) in [5.74, 6) is 0.0491. The van der Waals surface area contributed by atoms with Gasteiger partial charge in [0.05, 0.1) is 11.7 Å². The molecule has 0 unspecified atom stereocenters. The van der Waals surface area contributed by atoms with Crippen LogP contribution < -0.4 is 4.74 Å². The first-order valence-corrected chi connectivity index (χ1v) is 5.46. The quantitative estimate of drug-likeness (QED) is 0.733. The van der Waals surface area contributed by atoms with Gasteiger partial charge in [-0.25, -0.2) is 4.98 Å². The van der Waals surface area contributed by atoms with Crippen molar-refractivity contribution in [2.24, 2.45) is 0 Å². The van der Waals surface area contributed by atoms with Crippen molar-refractivity contribution in [1.29, 1.82) is 0 Å². The van der Waals surface area contributed by atoms with Crippen LogP contribution in [0.5, 0.6) is 5.75 Å². The number of hydrogen-bond acceptors (Lipinski definition) is 4. The standard InChI is InChI=1S/C12H14N2O3/c1-14(2)12(16)10-11(17-9-3-4-9)8(7-15)5-6-13-10/h5-7,9H,3-4H2,1-2H3. The highest BCUT2D eigenvalue weighted by molar-refractivity contribution is 5.97. The average Bonchev–Trinajstić information content (AvgIpc) is 3.12. The van der Waals surface area contributed by atoms with Crippen LogP contribution in [0.15, 0.2) is 12.3 Å². The lowest BCUT2D eigenvalue weighted by Gasteiger charge is -2.14. The van der Waals surface area contributed by atoms with E-state index in [0.29, 0.717) is 17.6 Å². The predicted octanol–water partition coefficient (Wildman–Crippen LogP) is 1.14. The third-order valence-corrected chi connectivity index (χ3v) is 2.48. The SMILES string of the molecule is CN(C)C(=O)c1nccc(C=O)c1OC1CC1. The van der Waals surface area contributed by atoms with E-state index in [1.165, 1.54) is 11.1 Å². The highest BCUT2D eigenvalue weighted by Crippen LogP contribution is 2.30. The predicted molar refractivity (Wildman–Crippen MR) is 61.3 cm³/mol. The monoisotopic (exact) mass is 234 g/mol. The van der Waals surface area contributed by atoms with Crippen molar-refractivity contribution < 1.29 is 14.3 Å². The van der Waals surface area contributed by atoms with Gasteiger partial charge in [0.2, 0.25) is 0 Å². The van der Waals surface area contributed by atoms with Gasteiger partial charge in [0.15, 0.2) is 17.7 Å². The Labute approximate surface area is 99.4 Å². The van der Waals surface area contributed by atoms with Gasteiger partial charge in [-0.1, -0.05) is 0 Å². The molecule has 0 aliphatic heterocycles. The number of carbonyl (C=O) groups excluding carboxylic acids is 2. The van der Waals surface area contributed by atoms with Crippen LogP contribution in [0.25, 0.3) is 0 Å². The fraction of sp³-hybridized carbons (Fsp3) is 0.417. The molecular weight excluding hydrogens is 220 g/mol. The van der Waals surface area contributed by atoms with Crippen molar-refractivity contribution in [3.05, 3.63) is 23.5 Å². The number of carbonyl (C=O) groups is 2. The summed E-state index contributed by atoms with van der Waals surface area (Å²) in [6, 6.07) is 1.55. The average molecular weight is 234 g/mol. The van der Waals surface area contributed by atoms with E-state index >= 15 is 0 Å². The molecule has 0 aromatic carbocycles. The summed E-state index contributed by atoms with van der Waals surface area (Å²) in [7, 11) is 3.27. The molecule has 0 atom stereocenters. The van der Waals surface area contributed by atoms with E-state index < -0.39 is 0 Å². The van der Waals surface area contributed by atoms with E-state index in [1.54, 1.807) is 20.2 Å². The topological polar surface area (TPSA) is 59.5 Å². The molecule has 1 aliphatic rings. The zero-order valence-electron chi connectivity index (χ0n) is 9.84.